The fraction of sp³-hybridized carbons (Fsp3) is 0.909. The lowest BCUT2D eigenvalue weighted by Crippen LogP contribution is -2.69. The highest BCUT2D eigenvalue weighted by molar-refractivity contribution is 5.78. The number of nitrogens with zero attached hydrogens (tertiary/aromatic N) is 2. The number of likely N-dealkylation sites (N-methyl/N-ethyl adjacent to an activating group) is 1. The summed E-state index contributed by atoms with van der Waals surface area (Å²) in [5.74, 6) is 0.171. The van der Waals surface area contributed by atoms with Gasteiger partial charge in [0.25, 0.3) is 0 Å². The Hall–Kier alpha value is -0.610. The molecule has 2 unspecified atom stereocenters. The lowest BCUT2D eigenvalue weighted by atomic mass is 9.88. The molecule has 0 aliphatic carbocycles. The Morgan fingerprint density at radius 3 is 2.53 bits per heavy atom. The first-order valence-corrected chi connectivity index (χ1v) is 5.80. The van der Waals surface area contributed by atoms with E-state index in [1.807, 2.05) is 13.8 Å². The maximum atomic E-state index is 11.6. The molecular formula is C11H21N3O. The molecular weight excluding hydrogens is 190 g/mol. The SMILES string of the molecule is CC(C)NC(=O)CN1C2CC1CN(C)C2. The molecule has 3 saturated heterocycles. The van der Waals surface area contributed by atoms with Crippen molar-refractivity contribution in [1.29, 1.82) is 0 Å². The summed E-state index contributed by atoms with van der Waals surface area (Å²) in [4.78, 5) is 16.3. The van der Waals surface area contributed by atoms with Crippen LogP contribution in [-0.2, 0) is 4.79 Å². The molecule has 86 valence electrons. The monoisotopic (exact) mass is 211 g/mol. The Kier molecular flexibility index (Phi) is 2.98. The van der Waals surface area contributed by atoms with E-state index >= 15 is 0 Å². The van der Waals surface area contributed by atoms with Crippen molar-refractivity contribution < 1.29 is 4.79 Å². The molecule has 3 rings (SSSR count). The summed E-state index contributed by atoms with van der Waals surface area (Å²) in [6, 6.07) is 1.49. The Bertz CT molecular complexity index is 242. The number of rotatable bonds is 3. The molecule has 4 nitrogen and oxygen atoms in total. The van der Waals surface area contributed by atoms with Gasteiger partial charge in [-0.3, -0.25) is 9.69 Å². The first-order valence-electron chi connectivity index (χ1n) is 5.80. The average molecular weight is 211 g/mol. The van der Waals surface area contributed by atoms with Crippen molar-refractivity contribution in [3.63, 3.8) is 0 Å². The van der Waals surface area contributed by atoms with E-state index in [0.29, 0.717) is 18.6 Å². The molecule has 3 heterocycles. The molecule has 3 fully saturated rings. The largest absolute Gasteiger partial charge is 0.353 e. The molecule has 1 amide bonds. The van der Waals surface area contributed by atoms with Crippen molar-refractivity contribution in [2.75, 3.05) is 26.7 Å². The molecule has 3 aliphatic heterocycles. The zero-order valence-corrected chi connectivity index (χ0v) is 9.86. The van der Waals surface area contributed by atoms with Gasteiger partial charge in [0.1, 0.15) is 0 Å². The number of carbonyl (C=O) groups is 1. The lowest BCUT2D eigenvalue weighted by molar-refractivity contribution is -0.130. The van der Waals surface area contributed by atoms with Crippen LogP contribution in [0, 0.1) is 0 Å². The third kappa shape index (κ3) is 2.32. The second-order valence-electron chi connectivity index (χ2n) is 5.16. The molecule has 3 aliphatic rings. The van der Waals surface area contributed by atoms with Crippen molar-refractivity contribution in [2.45, 2.75) is 38.4 Å². The summed E-state index contributed by atoms with van der Waals surface area (Å²) in [7, 11) is 2.16. The quantitative estimate of drug-likeness (QED) is 0.708. The highest BCUT2D eigenvalue weighted by Gasteiger charge is 2.43. The average Bonchev–Trinajstić information content (AvgIpc) is 2.13. The van der Waals surface area contributed by atoms with E-state index in [9.17, 15) is 4.79 Å². The standard InChI is InChI=1S/C11H21N3O/c1-8(2)12-11(15)7-14-9-4-10(14)6-13(3)5-9/h8-10H,4-7H2,1-3H3,(H,12,15). The fourth-order valence-corrected chi connectivity index (χ4v) is 2.69. The lowest BCUT2D eigenvalue weighted by Gasteiger charge is -2.55. The van der Waals surface area contributed by atoms with Crippen molar-refractivity contribution in [1.82, 2.24) is 15.1 Å². The predicted octanol–water partition coefficient (Wildman–Crippen LogP) is -0.101. The summed E-state index contributed by atoms with van der Waals surface area (Å²) in [6.45, 7) is 6.82. The van der Waals surface area contributed by atoms with Crippen LogP contribution in [0.4, 0.5) is 0 Å². The number of nitrogens with one attached hydrogen (secondary N) is 1. The summed E-state index contributed by atoms with van der Waals surface area (Å²) in [5.41, 5.74) is 0. The molecule has 15 heavy (non-hydrogen) atoms. The molecule has 1 N–H and O–H groups in total. The third-order valence-corrected chi connectivity index (χ3v) is 3.30. The minimum absolute atomic E-state index is 0.171. The van der Waals surface area contributed by atoms with E-state index in [1.54, 1.807) is 0 Å². The molecule has 0 aromatic rings. The predicted molar refractivity (Wildman–Crippen MR) is 59.7 cm³/mol. The Morgan fingerprint density at radius 2 is 2.00 bits per heavy atom. The van der Waals surface area contributed by atoms with Gasteiger partial charge in [-0.05, 0) is 27.3 Å². The fourth-order valence-electron chi connectivity index (χ4n) is 2.69. The normalized spacial score (nSPS) is 31.5. The summed E-state index contributed by atoms with van der Waals surface area (Å²) >= 11 is 0. The molecule has 0 spiro atoms. The van der Waals surface area contributed by atoms with Crippen LogP contribution in [0.5, 0.6) is 0 Å². The smallest absolute Gasteiger partial charge is 0.234 e. The molecule has 0 aromatic heterocycles. The number of carbonyl (C=O) groups excluding carboxylic acids is 1. The molecule has 2 atom stereocenters. The maximum Gasteiger partial charge on any atom is 0.234 e. The highest BCUT2D eigenvalue weighted by Crippen LogP contribution is 2.30. The topological polar surface area (TPSA) is 35.6 Å². The van der Waals surface area contributed by atoms with Crippen LogP contribution in [0.25, 0.3) is 0 Å². The number of hydrogen-bond acceptors (Lipinski definition) is 3. The van der Waals surface area contributed by atoms with Crippen LogP contribution >= 0.6 is 0 Å². The van der Waals surface area contributed by atoms with Gasteiger partial charge in [-0.25, -0.2) is 0 Å². The Balaban J connectivity index is 1.80. The van der Waals surface area contributed by atoms with Gasteiger partial charge in [0.2, 0.25) is 5.91 Å². The van der Waals surface area contributed by atoms with Crippen LogP contribution < -0.4 is 5.32 Å². The van der Waals surface area contributed by atoms with Gasteiger partial charge in [-0.2, -0.15) is 0 Å². The second kappa shape index (κ2) is 4.10. The first-order chi connectivity index (χ1) is 7.06. The number of piperidine rings is 1. The van der Waals surface area contributed by atoms with E-state index in [0.717, 1.165) is 13.1 Å². The van der Waals surface area contributed by atoms with Gasteiger partial charge >= 0.3 is 0 Å². The first kappa shape index (κ1) is 10.9. The summed E-state index contributed by atoms with van der Waals surface area (Å²) < 4.78 is 0. The van der Waals surface area contributed by atoms with Gasteiger partial charge in [0.15, 0.2) is 0 Å². The van der Waals surface area contributed by atoms with E-state index in [-0.39, 0.29) is 11.9 Å². The van der Waals surface area contributed by atoms with Crippen molar-refractivity contribution in [2.24, 2.45) is 0 Å². The minimum Gasteiger partial charge on any atom is -0.353 e. The van der Waals surface area contributed by atoms with Gasteiger partial charge in [-0.15, -0.1) is 0 Å². The van der Waals surface area contributed by atoms with Crippen molar-refractivity contribution >= 4 is 5.91 Å². The van der Waals surface area contributed by atoms with Crippen molar-refractivity contribution in [3.8, 4) is 0 Å². The number of fused-ring (bicyclic) bond motifs is 2. The van der Waals surface area contributed by atoms with Crippen LogP contribution in [0.1, 0.15) is 20.3 Å². The molecule has 0 saturated carbocycles. The van der Waals surface area contributed by atoms with Gasteiger partial charge < -0.3 is 10.2 Å². The molecule has 4 heteroatoms. The van der Waals surface area contributed by atoms with Gasteiger partial charge in [-0.1, -0.05) is 0 Å². The zero-order chi connectivity index (χ0) is 11.0. The Morgan fingerprint density at radius 1 is 1.40 bits per heavy atom. The van der Waals surface area contributed by atoms with Crippen LogP contribution in [0.2, 0.25) is 0 Å². The highest BCUT2D eigenvalue weighted by atomic mass is 16.2. The van der Waals surface area contributed by atoms with E-state index in [1.165, 1.54) is 6.42 Å². The van der Waals surface area contributed by atoms with Crippen LogP contribution in [0.15, 0.2) is 0 Å². The summed E-state index contributed by atoms with van der Waals surface area (Å²) in [5, 5.41) is 2.95. The number of hydrogen-bond donors (Lipinski definition) is 1. The molecule has 0 radical (unpaired) electrons. The molecule has 0 aromatic carbocycles. The zero-order valence-electron chi connectivity index (χ0n) is 9.86. The molecule has 2 bridgehead atoms. The van der Waals surface area contributed by atoms with Crippen molar-refractivity contribution in [3.05, 3.63) is 0 Å². The maximum absolute atomic E-state index is 11.6. The number of piperazine rings is 1. The Labute approximate surface area is 91.6 Å². The van der Waals surface area contributed by atoms with Gasteiger partial charge in [0, 0.05) is 31.2 Å². The third-order valence-electron chi connectivity index (χ3n) is 3.30. The minimum atomic E-state index is 0.171. The van der Waals surface area contributed by atoms with E-state index < -0.39 is 0 Å². The van der Waals surface area contributed by atoms with Crippen LogP contribution in [-0.4, -0.2) is 60.5 Å². The number of amides is 1. The van der Waals surface area contributed by atoms with E-state index in [2.05, 4.69) is 22.2 Å². The van der Waals surface area contributed by atoms with Gasteiger partial charge in [0.05, 0.1) is 6.54 Å². The van der Waals surface area contributed by atoms with Crippen LogP contribution in [0.3, 0.4) is 0 Å². The summed E-state index contributed by atoms with van der Waals surface area (Å²) in [6.07, 6.45) is 1.28. The second-order valence-corrected chi connectivity index (χ2v) is 5.16. The van der Waals surface area contributed by atoms with E-state index in [4.69, 9.17) is 0 Å².